The molecule has 0 radical (unpaired) electrons. The van der Waals surface area contributed by atoms with Gasteiger partial charge in [-0.15, -0.1) is 5.10 Å². The van der Waals surface area contributed by atoms with Gasteiger partial charge in [0.1, 0.15) is 5.82 Å². The molecule has 0 saturated carbocycles. The molecule has 0 atom stereocenters. The zero-order chi connectivity index (χ0) is 16.8. The van der Waals surface area contributed by atoms with Crippen LogP contribution in [0.3, 0.4) is 0 Å². The number of hydrogen-bond donors (Lipinski definition) is 1. The monoisotopic (exact) mass is 341 g/mol. The highest BCUT2D eigenvalue weighted by atomic mass is 32.2. The van der Waals surface area contributed by atoms with Crippen LogP contribution in [-0.4, -0.2) is 25.3 Å². The van der Waals surface area contributed by atoms with Gasteiger partial charge in [-0.3, -0.25) is 5.10 Å². The minimum atomic E-state index is 0.509. The predicted octanol–water partition coefficient (Wildman–Crippen LogP) is 3.85. The van der Waals surface area contributed by atoms with Crippen molar-refractivity contribution in [1.29, 1.82) is 0 Å². The second kappa shape index (κ2) is 7.92. The number of aromatic amines is 1. The van der Waals surface area contributed by atoms with Gasteiger partial charge < -0.3 is 4.52 Å². The lowest BCUT2D eigenvalue weighted by atomic mass is 10.1. The van der Waals surface area contributed by atoms with Crippen LogP contribution in [0, 0.1) is 5.92 Å². The molecule has 124 valence electrons. The molecular formula is C17H19N5OS. The van der Waals surface area contributed by atoms with Crippen molar-refractivity contribution < 1.29 is 4.52 Å². The third-order valence-electron chi connectivity index (χ3n) is 3.14. The number of thioether (sulfide) groups is 1. The maximum atomic E-state index is 5.24. The average Bonchev–Trinajstić information content (AvgIpc) is 3.21. The lowest BCUT2D eigenvalue weighted by molar-refractivity contribution is 0.382. The Labute approximate surface area is 144 Å². The number of rotatable bonds is 7. The fraction of sp³-hybridized carbons (Fsp3) is 0.294. The molecule has 6 nitrogen and oxygen atoms in total. The maximum absolute atomic E-state index is 5.24. The number of hydrogen-bond acceptors (Lipinski definition) is 6. The molecule has 0 fully saturated rings. The van der Waals surface area contributed by atoms with Crippen LogP contribution in [0.2, 0.25) is 0 Å². The molecule has 2 heterocycles. The first-order valence-electron chi connectivity index (χ1n) is 7.79. The minimum Gasteiger partial charge on any atom is -0.338 e. The van der Waals surface area contributed by atoms with Crippen molar-refractivity contribution in [2.24, 2.45) is 5.92 Å². The van der Waals surface area contributed by atoms with Crippen molar-refractivity contribution in [3.8, 4) is 0 Å². The van der Waals surface area contributed by atoms with Crippen molar-refractivity contribution in [3.05, 3.63) is 53.4 Å². The Kier molecular flexibility index (Phi) is 5.43. The van der Waals surface area contributed by atoms with E-state index in [1.807, 2.05) is 42.5 Å². The van der Waals surface area contributed by atoms with Gasteiger partial charge in [0.15, 0.2) is 5.82 Å². The average molecular weight is 341 g/mol. The van der Waals surface area contributed by atoms with Gasteiger partial charge in [0.2, 0.25) is 11.0 Å². The minimum absolute atomic E-state index is 0.509. The van der Waals surface area contributed by atoms with Crippen molar-refractivity contribution in [2.45, 2.75) is 31.2 Å². The summed E-state index contributed by atoms with van der Waals surface area (Å²) in [6.07, 6.45) is 4.72. The van der Waals surface area contributed by atoms with Crippen LogP contribution in [0.1, 0.15) is 37.0 Å². The molecular weight excluding hydrogens is 322 g/mol. The molecule has 3 aromatic rings. The van der Waals surface area contributed by atoms with Crippen LogP contribution < -0.4 is 0 Å². The summed E-state index contributed by atoms with van der Waals surface area (Å²) in [6, 6.07) is 10.1. The fourth-order valence-corrected chi connectivity index (χ4v) is 2.70. The van der Waals surface area contributed by atoms with E-state index >= 15 is 0 Å². The lowest BCUT2D eigenvalue weighted by Gasteiger charge is -1.95. The number of aromatic nitrogens is 5. The number of H-pyrrole nitrogens is 1. The molecule has 0 amide bonds. The Morgan fingerprint density at radius 3 is 2.79 bits per heavy atom. The summed E-state index contributed by atoms with van der Waals surface area (Å²) in [4.78, 5) is 8.79. The molecule has 7 heteroatoms. The molecule has 0 unspecified atom stereocenters. The molecule has 0 saturated heterocycles. The lowest BCUT2D eigenvalue weighted by Crippen LogP contribution is -1.96. The van der Waals surface area contributed by atoms with E-state index in [4.69, 9.17) is 4.52 Å². The second-order valence-corrected chi connectivity index (χ2v) is 6.68. The molecule has 2 aromatic heterocycles. The highest BCUT2D eigenvalue weighted by molar-refractivity contribution is 7.98. The van der Waals surface area contributed by atoms with Crippen molar-refractivity contribution in [2.75, 3.05) is 0 Å². The molecule has 1 aromatic carbocycles. The summed E-state index contributed by atoms with van der Waals surface area (Å²) in [5.41, 5.74) is 1.12. The Morgan fingerprint density at radius 2 is 2.00 bits per heavy atom. The molecule has 0 aliphatic carbocycles. The highest BCUT2D eigenvalue weighted by Crippen LogP contribution is 2.19. The number of benzene rings is 1. The fourth-order valence-electron chi connectivity index (χ4n) is 2.06. The van der Waals surface area contributed by atoms with E-state index in [-0.39, 0.29) is 0 Å². The van der Waals surface area contributed by atoms with Crippen molar-refractivity contribution in [1.82, 2.24) is 25.3 Å². The van der Waals surface area contributed by atoms with E-state index in [0.717, 1.165) is 17.8 Å². The van der Waals surface area contributed by atoms with E-state index in [1.54, 1.807) is 0 Å². The summed E-state index contributed by atoms with van der Waals surface area (Å²) < 4.78 is 5.24. The first-order valence-corrected chi connectivity index (χ1v) is 8.77. The molecule has 0 aliphatic heterocycles. The largest absolute Gasteiger partial charge is 0.338 e. The zero-order valence-electron chi connectivity index (χ0n) is 13.6. The van der Waals surface area contributed by atoms with Crippen LogP contribution >= 0.6 is 11.8 Å². The van der Waals surface area contributed by atoms with Crippen LogP contribution in [-0.2, 0) is 12.2 Å². The van der Waals surface area contributed by atoms with E-state index < -0.39 is 0 Å². The van der Waals surface area contributed by atoms with E-state index in [9.17, 15) is 0 Å². The summed E-state index contributed by atoms with van der Waals surface area (Å²) in [7, 11) is 0. The van der Waals surface area contributed by atoms with Gasteiger partial charge in [-0.1, -0.05) is 67.2 Å². The van der Waals surface area contributed by atoms with Gasteiger partial charge in [0.25, 0.3) is 0 Å². The van der Waals surface area contributed by atoms with Crippen LogP contribution in [0.15, 0.2) is 40.0 Å². The Morgan fingerprint density at radius 1 is 1.17 bits per heavy atom. The predicted molar refractivity (Wildman–Crippen MR) is 94.2 cm³/mol. The van der Waals surface area contributed by atoms with Crippen LogP contribution in [0.4, 0.5) is 0 Å². The van der Waals surface area contributed by atoms with Crippen LogP contribution in [0.25, 0.3) is 12.2 Å². The number of nitrogens with one attached hydrogen (secondary N) is 1. The molecule has 24 heavy (non-hydrogen) atoms. The molecule has 0 bridgehead atoms. The molecule has 0 aliphatic rings. The summed E-state index contributed by atoms with van der Waals surface area (Å²) in [5, 5.41) is 11.7. The highest BCUT2D eigenvalue weighted by Gasteiger charge is 2.10. The van der Waals surface area contributed by atoms with Crippen molar-refractivity contribution in [3.63, 3.8) is 0 Å². The van der Waals surface area contributed by atoms with Gasteiger partial charge >= 0.3 is 0 Å². The molecule has 0 spiro atoms. The Balaban J connectivity index is 1.54. The first-order chi connectivity index (χ1) is 11.7. The summed E-state index contributed by atoms with van der Waals surface area (Å²) >= 11 is 1.46. The maximum Gasteiger partial charge on any atom is 0.237 e. The van der Waals surface area contributed by atoms with E-state index in [1.165, 1.54) is 11.8 Å². The van der Waals surface area contributed by atoms with Gasteiger partial charge in [-0.05, 0) is 17.6 Å². The van der Waals surface area contributed by atoms with Crippen molar-refractivity contribution >= 4 is 23.9 Å². The molecule has 1 N–H and O–H groups in total. The quantitative estimate of drug-likeness (QED) is 0.658. The Bertz CT molecular complexity index is 794. The SMILES string of the molecule is CC(C)Cc1noc(CSc2n[nH]c(/C=C/c3ccccc3)n2)n1. The molecule has 3 rings (SSSR count). The first kappa shape index (κ1) is 16.4. The standard InChI is InChI=1S/C17H19N5OS/c1-12(2)10-15-18-16(23-22-15)11-24-17-19-14(20-21-17)9-8-13-6-4-3-5-7-13/h3-9,12H,10-11H2,1-2H3,(H,19,20,21)/b9-8+. The second-order valence-electron chi connectivity index (χ2n) is 5.74. The van der Waals surface area contributed by atoms with Gasteiger partial charge in [0.05, 0.1) is 5.75 Å². The third-order valence-corrected chi connectivity index (χ3v) is 3.97. The van der Waals surface area contributed by atoms with Crippen LogP contribution in [0.5, 0.6) is 0 Å². The Hall–Kier alpha value is -2.41. The van der Waals surface area contributed by atoms with E-state index in [2.05, 4.69) is 39.2 Å². The van der Waals surface area contributed by atoms with Gasteiger partial charge in [-0.25, -0.2) is 4.98 Å². The smallest absolute Gasteiger partial charge is 0.237 e. The van der Waals surface area contributed by atoms with E-state index in [0.29, 0.717) is 28.5 Å². The topological polar surface area (TPSA) is 80.5 Å². The number of nitrogens with zero attached hydrogens (tertiary/aromatic N) is 4. The van der Waals surface area contributed by atoms with Gasteiger partial charge in [-0.2, -0.15) is 4.98 Å². The zero-order valence-corrected chi connectivity index (χ0v) is 14.5. The third kappa shape index (κ3) is 4.79. The summed E-state index contributed by atoms with van der Waals surface area (Å²) in [6.45, 7) is 4.26. The summed E-state index contributed by atoms with van der Waals surface area (Å²) in [5.74, 6) is 3.14. The normalized spacial score (nSPS) is 11.6. The van der Waals surface area contributed by atoms with Gasteiger partial charge in [0, 0.05) is 6.42 Å².